The first-order chi connectivity index (χ1) is 6.66. The maximum Gasteiger partial charge on any atom is 0.307 e. The SMILES string of the molecule is O=C(O)Cc1cc(Cl)cc2c1OCC2. The number of benzene rings is 1. The van der Waals surface area contributed by atoms with Crippen LogP contribution in [0, 0.1) is 0 Å². The lowest BCUT2D eigenvalue weighted by molar-refractivity contribution is -0.136. The third-order valence-electron chi connectivity index (χ3n) is 2.17. The summed E-state index contributed by atoms with van der Waals surface area (Å²) in [5, 5.41) is 9.26. The molecule has 0 aromatic heterocycles. The molecular formula is C10H9ClO3. The Morgan fingerprint density at radius 1 is 1.57 bits per heavy atom. The minimum Gasteiger partial charge on any atom is -0.493 e. The molecule has 1 aromatic carbocycles. The van der Waals surface area contributed by atoms with Gasteiger partial charge in [-0.2, -0.15) is 0 Å². The predicted molar refractivity (Wildman–Crippen MR) is 52.0 cm³/mol. The first kappa shape index (κ1) is 9.34. The van der Waals surface area contributed by atoms with Crippen molar-refractivity contribution in [3.05, 3.63) is 28.3 Å². The van der Waals surface area contributed by atoms with Gasteiger partial charge in [-0.25, -0.2) is 0 Å². The molecule has 0 radical (unpaired) electrons. The van der Waals surface area contributed by atoms with E-state index in [-0.39, 0.29) is 6.42 Å². The summed E-state index contributed by atoms with van der Waals surface area (Å²) in [6.07, 6.45) is 0.769. The van der Waals surface area contributed by atoms with Crippen LogP contribution < -0.4 is 4.74 Å². The van der Waals surface area contributed by atoms with Gasteiger partial charge in [-0.05, 0) is 17.7 Å². The van der Waals surface area contributed by atoms with Gasteiger partial charge in [0.05, 0.1) is 13.0 Å². The molecule has 14 heavy (non-hydrogen) atoms. The molecule has 1 aliphatic rings. The van der Waals surface area contributed by atoms with E-state index in [2.05, 4.69) is 0 Å². The Balaban J connectivity index is 2.43. The first-order valence-electron chi connectivity index (χ1n) is 4.32. The average Bonchev–Trinajstić information content (AvgIpc) is 2.50. The van der Waals surface area contributed by atoms with Gasteiger partial charge >= 0.3 is 5.97 Å². The lowest BCUT2D eigenvalue weighted by atomic mass is 10.1. The Kier molecular flexibility index (Phi) is 2.33. The molecule has 0 amide bonds. The second-order valence-electron chi connectivity index (χ2n) is 3.22. The van der Waals surface area contributed by atoms with E-state index in [0.29, 0.717) is 22.9 Å². The minimum atomic E-state index is -0.870. The van der Waals surface area contributed by atoms with Crippen LogP contribution in [0.25, 0.3) is 0 Å². The van der Waals surface area contributed by atoms with Crippen molar-refractivity contribution in [3.63, 3.8) is 0 Å². The maximum absolute atomic E-state index is 10.6. The van der Waals surface area contributed by atoms with Crippen LogP contribution in [0.5, 0.6) is 5.75 Å². The van der Waals surface area contributed by atoms with Crippen LogP contribution in [0.4, 0.5) is 0 Å². The van der Waals surface area contributed by atoms with E-state index in [1.807, 2.05) is 6.07 Å². The Labute approximate surface area is 86.3 Å². The summed E-state index contributed by atoms with van der Waals surface area (Å²) in [7, 11) is 0. The molecule has 0 fully saturated rings. The number of aliphatic carboxylic acids is 1. The van der Waals surface area contributed by atoms with Gasteiger partial charge < -0.3 is 9.84 Å². The first-order valence-corrected chi connectivity index (χ1v) is 4.70. The highest BCUT2D eigenvalue weighted by Crippen LogP contribution is 2.32. The van der Waals surface area contributed by atoms with Crippen molar-refractivity contribution in [3.8, 4) is 5.75 Å². The average molecular weight is 213 g/mol. The standard InChI is InChI=1S/C10H9ClO3/c11-8-3-6-1-2-14-10(6)7(4-8)5-9(12)13/h3-4H,1-2,5H2,(H,12,13). The Hall–Kier alpha value is -1.22. The molecule has 0 saturated heterocycles. The molecule has 0 unspecified atom stereocenters. The van der Waals surface area contributed by atoms with E-state index < -0.39 is 5.97 Å². The molecule has 0 bridgehead atoms. The summed E-state index contributed by atoms with van der Waals surface area (Å²) in [4.78, 5) is 10.6. The molecule has 4 heteroatoms. The van der Waals surface area contributed by atoms with Gasteiger partial charge in [-0.3, -0.25) is 4.79 Å². The second-order valence-corrected chi connectivity index (χ2v) is 3.66. The summed E-state index contributed by atoms with van der Waals surface area (Å²) in [5.74, 6) is -0.165. The van der Waals surface area contributed by atoms with Crippen molar-refractivity contribution in [2.24, 2.45) is 0 Å². The van der Waals surface area contributed by atoms with Gasteiger partial charge in [0.25, 0.3) is 0 Å². The topological polar surface area (TPSA) is 46.5 Å². The van der Waals surface area contributed by atoms with Gasteiger partial charge in [0.15, 0.2) is 0 Å². The Morgan fingerprint density at radius 2 is 2.36 bits per heavy atom. The van der Waals surface area contributed by atoms with Crippen molar-refractivity contribution in [2.45, 2.75) is 12.8 Å². The van der Waals surface area contributed by atoms with Crippen LogP contribution in [0.1, 0.15) is 11.1 Å². The van der Waals surface area contributed by atoms with Gasteiger partial charge in [-0.1, -0.05) is 11.6 Å². The monoisotopic (exact) mass is 212 g/mol. The van der Waals surface area contributed by atoms with Crippen LogP contribution in [-0.2, 0) is 17.6 Å². The van der Waals surface area contributed by atoms with Crippen LogP contribution in [0.2, 0.25) is 5.02 Å². The number of rotatable bonds is 2. The second kappa shape index (κ2) is 3.50. The molecule has 3 nitrogen and oxygen atoms in total. The van der Waals surface area contributed by atoms with E-state index in [1.165, 1.54) is 0 Å². The summed E-state index contributed by atoms with van der Waals surface area (Å²) in [6, 6.07) is 3.48. The highest BCUT2D eigenvalue weighted by Gasteiger charge is 2.18. The van der Waals surface area contributed by atoms with E-state index in [9.17, 15) is 4.79 Å². The Morgan fingerprint density at radius 3 is 3.07 bits per heavy atom. The highest BCUT2D eigenvalue weighted by atomic mass is 35.5. The molecule has 0 atom stereocenters. The van der Waals surface area contributed by atoms with Crippen LogP contribution >= 0.6 is 11.6 Å². The lowest BCUT2D eigenvalue weighted by Crippen LogP contribution is -2.02. The van der Waals surface area contributed by atoms with E-state index >= 15 is 0 Å². The van der Waals surface area contributed by atoms with E-state index in [0.717, 1.165) is 12.0 Å². The van der Waals surface area contributed by atoms with Crippen LogP contribution in [-0.4, -0.2) is 17.7 Å². The predicted octanol–water partition coefficient (Wildman–Crippen LogP) is 1.90. The number of carbonyl (C=O) groups is 1. The molecule has 0 aliphatic carbocycles. The van der Waals surface area contributed by atoms with Crippen molar-refractivity contribution in [1.82, 2.24) is 0 Å². The molecule has 1 aromatic rings. The van der Waals surface area contributed by atoms with Crippen molar-refractivity contribution < 1.29 is 14.6 Å². The van der Waals surface area contributed by atoms with Gasteiger partial charge in [-0.15, -0.1) is 0 Å². The third-order valence-corrected chi connectivity index (χ3v) is 2.39. The fourth-order valence-corrected chi connectivity index (χ4v) is 1.90. The number of ether oxygens (including phenoxy) is 1. The van der Waals surface area contributed by atoms with Gasteiger partial charge in [0, 0.05) is 17.0 Å². The fourth-order valence-electron chi connectivity index (χ4n) is 1.64. The molecule has 1 aliphatic heterocycles. The molecule has 1 N–H and O–H groups in total. The molecule has 0 saturated carbocycles. The smallest absolute Gasteiger partial charge is 0.307 e. The fraction of sp³-hybridized carbons (Fsp3) is 0.300. The molecule has 2 rings (SSSR count). The maximum atomic E-state index is 10.6. The summed E-state index contributed by atoms with van der Waals surface area (Å²) in [6.45, 7) is 0.613. The summed E-state index contributed by atoms with van der Waals surface area (Å²) in [5.41, 5.74) is 1.67. The summed E-state index contributed by atoms with van der Waals surface area (Å²) < 4.78 is 5.36. The molecule has 1 heterocycles. The third kappa shape index (κ3) is 1.68. The van der Waals surface area contributed by atoms with Crippen molar-refractivity contribution in [1.29, 1.82) is 0 Å². The number of hydrogen-bond acceptors (Lipinski definition) is 2. The zero-order valence-electron chi connectivity index (χ0n) is 7.42. The van der Waals surface area contributed by atoms with Crippen LogP contribution in [0.15, 0.2) is 12.1 Å². The molecule has 74 valence electrons. The van der Waals surface area contributed by atoms with Gasteiger partial charge in [0.1, 0.15) is 5.75 Å². The normalized spacial score (nSPS) is 13.5. The molecular weight excluding hydrogens is 204 g/mol. The number of carboxylic acid groups (broad SMARTS) is 1. The van der Waals surface area contributed by atoms with Crippen molar-refractivity contribution in [2.75, 3.05) is 6.61 Å². The zero-order valence-corrected chi connectivity index (χ0v) is 8.17. The summed E-state index contributed by atoms with van der Waals surface area (Å²) >= 11 is 5.86. The lowest BCUT2D eigenvalue weighted by Gasteiger charge is -2.06. The van der Waals surface area contributed by atoms with Gasteiger partial charge in [0.2, 0.25) is 0 Å². The van der Waals surface area contributed by atoms with Crippen LogP contribution in [0.3, 0.4) is 0 Å². The number of carboxylic acids is 1. The highest BCUT2D eigenvalue weighted by molar-refractivity contribution is 6.30. The zero-order chi connectivity index (χ0) is 10.1. The number of hydrogen-bond donors (Lipinski definition) is 1. The largest absolute Gasteiger partial charge is 0.493 e. The van der Waals surface area contributed by atoms with E-state index in [4.69, 9.17) is 21.4 Å². The van der Waals surface area contributed by atoms with E-state index in [1.54, 1.807) is 6.07 Å². The minimum absolute atomic E-state index is 0.0388. The molecule has 0 spiro atoms. The number of halogens is 1. The quantitative estimate of drug-likeness (QED) is 0.815. The number of fused-ring (bicyclic) bond motifs is 1. The van der Waals surface area contributed by atoms with Crippen molar-refractivity contribution >= 4 is 17.6 Å². The Bertz CT molecular complexity index is 387.